The van der Waals surface area contributed by atoms with Gasteiger partial charge in [-0.1, -0.05) is 19.4 Å². The molecule has 0 fully saturated rings. The fourth-order valence-corrected chi connectivity index (χ4v) is 2.30. The summed E-state index contributed by atoms with van der Waals surface area (Å²) in [5, 5.41) is 0. The van der Waals surface area contributed by atoms with Crippen molar-refractivity contribution in [3.05, 3.63) is 24.3 Å². The van der Waals surface area contributed by atoms with Crippen molar-refractivity contribution in [2.45, 2.75) is 30.7 Å². The monoisotopic (exact) mass is 225 g/mol. The number of ether oxygens (including phenoxy) is 1. The first-order chi connectivity index (χ1) is 7.26. The lowest BCUT2D eigenvalue weighted by Crippen LogP contribution is -2.22. The van der Waals surface area contributed by atoms with Crippen molar-refractivity contribution >= 4 is 11.8 Å². The molecular weight excluding hydrogens is 206 g/mol. The maximum atomic E-state index is 5.95. The Balaban J connectivity index is 2.43. The third kappa shape index (κ3) is 4.58. The number of hydrogen-bond acceptors (Lipinski definition) is 3. The smallest absolute Gasteiger partial charge is 0.119 e. The third-order valence-corrected chi connectivity index (χ3v) is 3.35. The molecule has 0 amide bonds. The summed E-state index contributed by atoms with van der Waals surface area (Å²) in [6.07, 6.45) is 2.25. The fraction of sp³-hybridized carbons (Fsp3) is 0.500. The number of hydrogen-bond donors (Lipinski definition) is 1. The van der Waals surface area contributed by atoms with Crippen LogP contribution in [-0.4, -0.2) is 18.9 Å². The average Bonchev–Trinajstić information content (AvgIpc) is 2.27. The molecule has 0 saturated carbocycles. The van der Waals surface area contributed by atoms with E-state index >= 15 is 0 Å². The molecule has 2 N–H and O–H groups in total. The van der Waals surface area contributed by atoms with Crippen molar-refractivity contribution in [3.63, 3.8) is 0 Å². The molecule has 3 heteroatoms. The van der Waals surface area contributed by atoms with Crippen LogP contribution in [-0.2, 0) is 0 Å². The van der Waals surface area contributed by atoms with E-state index in [1.54, 1.807) is 18.9 Å². The van der Waals surface area contributed by atoms with Crippen molar-refractivity contribution in [1.82, 2.24) is 0 Å². The van der Waals surface area contributed by atoms with Crippen LogP contribution in [0.2, 0.25) is 0 Å². The van der Waals surface area contributed by atoms with Crippen LogP contribution < -0.4 is 10.5 Å². The molecule has 1 atom stereocenters. The lowest BCUT2D eigenvalue weighted by Gasteiger charge is -2.10. The highest BCUT2D eigenvalue weighted by Crippen LogP contribution is 2.23. The summed E-state index contributed by atoms with van der Waals surface area (Å²) in [6, 6.07) is 8.39. The highest BCUT2D eigenvalue weighted by atomic mass is 32.2. The Hall–Kier alpha value is -0.670. The minimum absolute atomic E-state index is 0.297. The second-order valence-electron chi connectivity index (χ2n) is 3.54. The maximum absolute atomic E-state index is 5.95. The first kappa shape index (κ1) is 12.4. The molecule has 2 nitrogen and oxygen atoms in total. The van der Waals surface area contributed by atoms with Gasteiger partial charge in [-0.25, -0.2) is 0 Å². The molecule has 0 aromatic heterocycles. The second kappa shape index (κ2) is 6.75. The standard InChI is InChI=1S/C12H19NOS/c1-3-5-10(13)9-15-12-7-4-6-11(8-12)14-2/h4,6-8,10H,3,5,9,13H2,1-2H3. The Morgan fingerprint density at radius 1 is 1.47 bits per heavy atom. The van der Waals surface area contributed by atoms with Gasteiger partial charge in [-0.05, 0) is 24.6 Å². The maximum Gasteiger partial charge on any atom is 0.119 e. The van der Waals surface area contributed by atoms with Gasteiger partial charge in [0.25, 0.3) is 0 Å². The minimum atomic E-state index is 0.297. The SMILES string of the molecule is CCCC(N)CSc1cccc(OC)c1. The molecule has 1 unspecified atom stereocenters. The molecule has 0 saturated heterocycles. The number of benzene rings is 1. The van der Waals surface area contributed by atoms with Gasteiger partial charge in [-0.3, -0.25) is 0 Å². The largest absolute Gasteiger partial charge is 0.497 e. The van der Waals surface area contributed by atoms with Crippen molar-refractivity contribution in [2.24, 2.45) is 5.73 Å². The van der Waals surface area contributed by atoms with Crippen LogP contribution >= 0.6 is 11.8 Å². The van der Waals surface area contributed by atoms with Crippen LogP contribution in [0.15, 0.2) is 29.2 Å². The Labute approximate surface area is 96.2 Å². The van der Waals surface area contributed by atoms with Gasteiger partial charge in [0.15, 0.2) is 0 Å². The van der Waals surface area contributed by atoms with E-state index in [0.717, 1.165) is 24.3 Å². The molecule has 84 valence electrons. The van der Waals surface area contributed by atoms with Crippen LogP contribution in [0, 0.1) is 0 Å². The Bertz CT molecular complexity index is 291. The van der Waals surface area contributed by atoms with Crippen molar-refractivity contribution in [3.8, 4) is 5.75 Å². The summed E-state index contributed by atoms with van der Waals surface area (Å²) in [7, 11) is 1.69. The molecule has 0 heterocycles. The van der Waals surface area contributed by atoms with E-state index in [0.29, 0.717) is 6.04 Å². The number of thioether (sulfide) groups is 1. The summed E-state index contributed by atoms with van der Waals surface area (Å²) in [5.41, 5.74) is 5.95. The van der Waals surface area contributed by atoms with Crippen molar-refractivity contribution in [2.75, 3.05) is 12.9 Å². The van der Waals surface area contributed by atoms with Crippen LogP contribution in [0.1, 0.15) is 19.8 Å². The molecule has 1 rings (SSSR count). The molecule has 0 bridgehead atoms. The molecule has 0 aliphatic rings. The van der Waals surface area contributed by atoms with E-state index in [-0.39, 0.29) is 0 Å². The van der Waals surface area contributed by atoms with Crippen molar-refractivity contribution in [1.29, 1.82) is 0 Å². The van der Waals surface area contributed by atoms with Crippen LogP contribution in [0.25, 0.3) is 0 Å². The Kier molecular flexibility index (Phi) is 5.58. The summed E-state index contributed by atoms with van der Waals surface area (Å²) in [4.78, 5) is 1.22. The van der Waals surface area contributed by atoms with E-state index in [1.807, 2.05) is 18.2 Å². The number of methoxy groups -OCH3 is 1. The Morgan fingerprint density at radius 3 is 2.93 bits per heavy atom. The molecule has 15 heavy (non-hydrogen) atoms. The lowest BCUT2D eigenvalue weighted by molar-refractivity contribution is 0.413. The Morgan fingerprint density at radius 2 is 2.27 bits per heavy atom. The zero-order valence-corrected chi connectivity index (χ0v) is 10.2. The quantitative estimate of drug-likeness (QED) is 0.756. The van der Waals surface area contributed by atoms with Gasteiger partial charge in [-0.15, -0.1) is 11.8 Å². The normalized spacial score (nSPS) is 12.5. The fourth-order valence-electron chi connectivity index (χ4n) is 1.35. The molecular formula is C12H19NOS. The van der Waals surface area contributed by atoms with E-state index in [4.69, 9.17) is 10.5 Å². The number of rotatable bonds is 6. The third-order valence-electron chi connectivity index (χ3n) is 2.16. The van der Waals surface area contributed by atoms with E-state index < -0.39 is 0 Å². The summed E-state index contributed by atoms with van der Waals surface area (Å²) in [5.74, 6) is 1.88. The topological polar surface area (TPSA) is 35.2 Å². The lowest BCUT2D eigenvalue weighted by atomic mass is 10.2. The minimum Gasteiger partial charge on any atom is -0.497 e. The highest BCUT2D eigenvalue weighted by Gasteiger charge is 2.02. The van der Waals surface area contributed by atoms with Crippen LogP contribution in [0.3, 0.4) is 0 Å². The average molecular weight is 225 g/mol. The van der Waals surface area contributed by atoms with Gasteiger partial charge >= 0.3 is 0 Å². The summed E-state index contributed by atoms with van der Waals surface area (Å²) < 4.78 is 5.16. The molecule has 0 aliphatic heterocycles. The van der Waals surface area contributed by atoms with E-state index in [2.05, 4.69) is 13.0 Å². The van der Waals surface area contributed by atoms with Crippen molar-refractivity contribution < 1.29 is 4.74 Å². The van der Waals surface area contributed by atoms with Gasteiger partial charge in [-0.2, -0.15) is 0 Å². The van der Waals surface area contributed by atoms with Crippen LogP contribution in [0.4, 0.5) is 0 Å². The van der Waals surface area contributed by atoms with Gasteiger partial charge in [0.2, 0.25) is 0 Å². The molecule has 1 aromatic rings. The van der Waals surface area contributed by atoms with Gasteiger partial charge in [0.05, 0.1) is 7.11 Å². The zero-order valence-electron chi connectivity index (χ0n) is 9.40. The van der Waals surface area contributed by atoms with Gasteiger partial charge in [0.1, 0.15) is 5.75 Å². The molecule has 0 spiro atoms. The second-order valence-corrected chi connectivity index (χ2v) is 4.63. The van der Waals surface area contributed by atoms with E-state index in [1.165, 1.54) is 4.90 Å². The molecule has 1 aromatic carbocycles. The summed E-state index contributed by atoms with van der Waals surface area (Å²) in [6.45, 7) is 2.16. The van der Waals surface area contributed by atoms with Gasteiger partial charge < -0.3 is 10.5 Å². The zero-order chi connectivity index (χ0) is 11.1. The van der Waals surface area contributed by atoms with Gasteiger partial charge in [0, 0.05) is 16.7 Å². The predicted molar refractivity (Wildman–Crippen MR) is 66.6 cm³/mol. The summed E-state index contributed by atoms with van der Waals surface area (Å²) >= 11 is 1.79. The number of nitrogens with two attached hydrogens (primary N) is 1. The van der Waals surface area contributed by atoms with Crippen LogP contribution in [0.5, 0.6) is 5.75 Å². The first-order valence-corrected chi connectivity index (χ1v) is 6.27. The first-order valence-electron chi connectivity index (χ1n) is 5.28. The molecule has 0 aliphatic carbocycles. The highest BCUT2D eigenvalue weighted by molar-refractivity contribution is 7.99. The van der Waals surface area contributed by atoms with E-state index in [9.17, 15) is 0 Å². The molecule has 0 radical (unpaired) electrons. The predicted octanol–water partition coefficient (Wildman–Crippen LogP) is 2.91.